The van der Waals surface area contributed by atoms with E-state index in [-0.39, 0.29) is 17.2 Å². The summed E-state index contributed by atoms with van der Waals surface area (Å²) in [6.07, 6.45) is -2.54. The minimum atomic E-state index is -2.54. The Balaban J connectivity index is 2.61. The Morgan fingerprint density at radius 2 is 2.19 bits per heavy atom. The second kappa shape index (κ2) is 3.92. The molecule has 2 aromatic rings. The molecule has 1 amide bonds. The van der Waals surface area contributed by atoms with Gasteiger partial charge in [-0.05, 0) is 12.1 Å². The molecular formula is C11H10F2N2O. The number of carbonyl (C=O) groups is 1. The van der Waals surface area contributed by atoms with Crippen LogP contribution in [0.4, 0.5) is 8.78 Å². The average Bonchev–Trinajstić information content (AvgIpc) is 2.70. The molecular weight excluding hydrogens is 214 g/mol. The molecule has 0 saturated carbocycles. The minimum Gasteiger partial charge on any atom is -0.354 e. The Morgan fingerprint density at radius 1 is 1.44 bits per heavy atom. The number of H-pyrrole nitrogens is 1. The number of nitrogens with one attached hydrogen (secondary N) is 2. The molecule has 0 bridgehead atoms. The zero-order valence-electron chi connectivity index (χ0n) is 8.55. The molecule has 0 fully saturated rings. The second-order valence-corrected chi connectivity index (χ2v) is 3.37. The summed E-state index contributed by atoms with van der Waals surface area (Å²) in [5, 5.41) is 2.82. The smallest absolute Gasteiger partial charge is 0.267 e. The maximum Gasteiger partial charge on any atom is 0.267 e. The van der Waals surface area contributed by atoms with Crippen molar-refractivity contribution in [2.24, 2.45) is 0 Å². The van der Waals surface area contributed by atoms with Crippen molar-refractivity contribution >= 4 is 16.8 Å². The molecule has 1 aromatic carbocycles. The SMILES string of the molecule is CNC(=O)c1cc2c(C(F)F)cccc2[nH]1. The van der Waals surface area contributed by atoms with Crippen molar-refractivity contribution in [1.29, 1.82) is 0 Å². The van der Waals surface area contributed by atoms with Gasteiger partial charge in [-0.1, -0.05) is 12.1 Å². The van der Waals surface area contributed by atoms with Crippen LogP contribution in [-0.2, 0) is 0 Å². The number of hydrogen-bond donors (Lipinski definition) is 2. The van der Waals surface area contributed by atoms with Crippen LogP contribution in [0.1, 0.15) is 22.5 Å². The fourth-order valence-corrected chi connectivity index (χ4v) is 1.63. The molecule has 2 N–H and O–H groups in total. The Kier molecular flexibility index (Phi) is 2.60. The van der Waals surface area contributed by atoms with Gasteiger partial charge in [-0.25, -0.2) is 8.78 Å². The topological polar surface area (TPSA) is 44.9 Å². The summed E-state index contributed by atoms with van der Waals surface area (Å²) in [4.78, 5) is 14.1. The number of carbonyl (C=O) groups excluding carboxylic acids is 1. The fraction of sp³-hybridized carbons (Fsp3) is 0.182. The first-order valence-corrected chi connectivity index (χ1v) is 4.75. The lowest BCUT2D eigenvalue weighted by Crippen LogP contribution is -2.17. The summed E-state index contributed by atoms with van der Waals surface area (Å²) in [6.45, 7) is 0. The third-order valence-electron chi connectivity index (χ3n) is 2.40. The van der Waals surface area contributed by atoms with E-state index in [0.29, 0.717) is 10.9 Å². The molecule has 5 heteroatoms. The van der Waals surface area contributed by atoms with Crippen molar-refractivity contribution in [3.63, 3.8) is 0 Å². The van der Waals surface area contributed by atoms with Crippen molar-refractivity contribution in [1.82, 2.24) is 10.3 Å². The lowest BCUT2D eigenvalue weighted by atomic mass is 10.1. The summed E-state index contributed by atoms with van der Waals surface area (Å²) >= 11 is 0. The number of benzene rings is 1. The van der Waals surface area contributed by atoms with Gasteiger partial charge in [0.25, 0.3) is 12.3 Å². The van der Waals surface area contributed by atoms with Gasteiger partial charge in [-0.15, -0.1) is 0 Å². The summed E-state index contributed by atoms with van der Waals surface area (Å²) < 4.78 is 25.3. The monoisotopic (exact) mass is 224 g/mol. The van der Waals surface area contributed by atoms with Crippen molar-refractivity contribution < 1.29 is 13.6 Å². The van der Waals surface area contributed by atoms with Gasteiger partial charge < -0.3 is 10.3 Å². The summed E-state index contributed by atoms with van der Waals surface area (Å²) in [7, 11) is 1.49. The van der Waals surface area contributed by atoms with Crippen molar-refractivity contribution in [3.8, 4) is 0 Å². The average molecular weight is 224 g/mol. The highest BCUT2D eigenvalue weighted by Gasteiger charge is 2.15. The zero-order chi connectivity index (χ0) is 11.7. The van der Waals surface area contributed by atoms with Crippen LogP contribution in [0.5, 0.6) is 0 Å². The zero-order valence-corrected chi connectivity index (χ0v) is 8.55. The van der Waals surface area contributed by atoms with E-state index in [9.17, 15) is 13.6 Å². The molecule has 0 aliphatic carbocycles. The first-order valence-electron chi connectivity index (χ1n) is 4.75. The molecule has 0 spiro atoms. The fourth-order valence-electron chi connectivity index (χ4n) is 1.63. The van der Waals surface area contributed by atoms with Crippen LogP contribution in [-0.4, -0.2) is 17.9 Å². The van der Waals surface area contributed by atoms with E-state index in [2.05, 4.69) is 10.3 Å². The Labute approximate surface area is 90.5 Å². The van der Waals surface area contributed by atoms with Gasteiger partial charge in [0.2, 0.25) is 0 Å². The molecule has 0 aliphatic heterocycles. The highest BCUT2D eigenvalue weighted by molar-refractivity contribution is 5.98. The Bertz CT molecular complexity index is 534. The number of halogens is 2. The predicted molar refractivity (Wildman–Crippen MR) is 56.6 cm³/mol. The molecule has 0 unspecified atom stereocenters. The number of amides is 1. The van der Waals surface area contributed by atoms with Gasteiger partial charge in [0.05, 0.1) is 0 Å². The van der Waals surface area contributed by atoms with Gasteiger partial charge in [0, 0.05) is 23.5 Å². The lowest BCUT2D eigenvalue weighted by molar-refractivity contribution is 0.0959. The van der Waals surface area contributed by atoms with Crippen LogP contribution in [0.15, 0.2) is 24.3 Å². The predicted octanol–water partition coefficient (Wildman–Crippen LogP) is 2.47. The summed E-state index contributed by atoms with van der Waals surface area (Å²) in [5.41, 5.74) is 0.755. The van der Waals surface area contributed by atoms with E-state index in [1.807, 2.05) is 0 Å². The van der Waals surface area contributed by atoms with Gasteiger partial charge in [0.15, 0.2) is 0 Å². The van der Waals surface area contributed by atoms with Crippen molar-refractivity contribution in [3.05, 3.63) is 35.5 Å². The van der Waals surface area contributed by atoms with E-state index < -0.39 is 6.43 Å². The van der Waals surface area contributed by atoms with Crippen LogP contribution >= 0.6 is 0 Å². The highest BCUT2D eigenvalue weighted by Crippen LogP contribution is 2.28. The van der Waals surface area contributed by atoms with Crippen LogP contribution in [0.3, 0.4) is 0 Å². The third-order valence-corrected chi connectivity index (χ3v) is 2.40. The number of fused-ring (bicyclic) bond motifs is 1. The third kappa shape index (κ3) is 1.64. The van der Waals surface area contributed by atoms with Crippen LogP contribution < -0.4 is 5.32 Å². The number of aromatic amines is 1. The number of alkyl halides is 2. The molecule has 16 heavy (non-hydrogen) atoms. The van der Waals surface area contributed by atoms with Crippen LogP contribution in [0, 0.1) is 0 Å². The molecule has 1 aromatic heterocycles. The van der Waals surface area contributed by atoms with Crippen LogP contribution in [0.25, 0.3) is 10.9 Å². The molecule has 2 rings (SSSR count). The van der Waals surface area contributed by atoms with Crippen molar-refractivity contribution in [2.45, 2.75) is 6.43 Å². The van der Waals surface area contributed by atoms with E-state index in [1.165, 1.54) is 25.2 Å². The largest absolute Gasteiger partial charge is 0.354 e. The number of rotatable bonds is 2. The molecule has 0 aliphatic rings. The van der Waals surface area contributed by atoms with Crippen LogP contribution in [0.2, 0.25) is 0 Å². The standard InChI is InChI=1S/C11H10F2N2O/c1-14-11(16)9-5-7-6(10(12)13)3-2-4-8(7)15-9/h2-5,10,15H,1H3,(H,14,16). The molecule has 3 nitrogen and oxygen atoms in total. The Morgan fingerprint density at radius 3 is 2.81 bits per heavy atom. The Hall–Kier alpha value is -1.91. The number of aromatic nitrogens is 1. The second-order valence-electron chi connectivity index (χ2n) is 3.37. The summed E-state index contributed by atoms with van der Waals surface area (Å²) in [6, 6.07) is 5.99. The van der Waals surface area contributed by atoms with Crippen molar-refractivity contribution in [2.75, 3.05) is 7.05 Å². The van der Waals surface area contributed by atoms with Gasteiger partial charge in [0.1, 0.15) is 5.69 Å². The molecule has 0 radical (unpaired) electrons. The van der Waals surface area contributed by atoms with Gasteiger partial charge in [-0.2, -0.15) is 0 Å². The van der Waals surface area contributed by atoms with E-state index in [1.54, 1.807) is 6.07 Å². The molecule has 0 saturated heterocycles. The first-order chi connectivity index (χ1) is 7.63. The minimum absolute atomic E-state index is 0.0658. The summed E-state index contributed by atoms with van der Waals surface area (Å²) in [5.74, 6) is -0.323. The quantitative estimate of drug-likeness (QED) is 0.808. The van der Waals surface area contributed by atoms with Gasteiger partial charge in [-0.3, -0.25) is 4.79 Å². The van der Waals surface area contributed by atoms with E-state index in [4.69, 9.17) is 0 Å². The first kappa shape index (κ1) is 10.6. The number of hydrogen-bond acceptors (Lipinski definition) is 1. The lowest BCUT2D eigenvalue weighted by Gasteiger charge is -1.99. The van der Waals surface area contributed by atoms with E-state index >= 15 is 0 Å². The molecule has 1 heterocycles. The maximum atomic E-state index is 12.7. The maximum absolute atomic E-state index is 12.7. The molecule has 84 valence electrons. The molecule has 0 atom stereocenters. The normalized spacial score (nSPS) is 11.0. The van der Waals surface area contributed by atoms with E-state index in [0.717, 1.165) is 0 Å². The van der Waals surface area contributed by atoms with Gasteiger partial charge >= 0.3 is 0 Å². The highest BCUT2D eigenvalue weighted by atomic mass is 19.3.